The maximum absolute atomic E-state index is 6.08. The third-order valence-electron chi connectivity index (χ3n) is 2.93. The van der Waals surface area contributed by atoms with Crippen molar-refractivity contribution in [3.63, 3.8) is 0 Å². The molecule has 0 spiro atoms. The monoisotopic (exact) mass is 320 g/mol. The first-order chi connectivity index (χ1) is 9.08. The molecule has 0 radical (unpaired) electrons. The van der Waals surface area contributed by atoms with Gasteiger partial charge in [0.25, 0.3) is 0 Å². The second-order valence-corrected chi connectivity index (χ2v) is 5.38. The highest BCUT2D eigenvalue weighted by atomic mass is 35.5. The van der Waals surface area contributed by atoms with Crippen molar-refractivity contribution in [1.29, 1.82) is 0 Å². The summed E-state index contributed by atoms with van der Waals surface area (Å²) in [7, 11) is 0. The number of alkyl halides is 1. The van der Waals surface area contributed by atoms with E-state index in [1.54, 1.807) is 6.07 Å². The Morgan fingerprint density at radius 2 is 2.00 bits per heavy atom. The van der Waals surface area contributed by atoms with Crippen LogP contribution in [0.1, 0.15) is 25.7 Å². The van der Waals surface area contributed by atoms with E-state index in [-0.39, 0.29) is 6.04 Å². The van der Waals surface area contributed by atoms with Gasteiger partial charge in [-0.3, -0.25) is 0 Å². The van der Waals surface area contributed by atoms with E-state index >= 15 is 0 Å². The molecular formula is C13H15Cl3N2O. The Hall–Kier alpha value is -0.480. The van der Waals surface area contributed by atoms with Crippen molar-refractivity contribution in [2.75, 3.05) is 13.2 Å². The molecule has 19 heavy (non-hydrogen) atoms. The lowest BCUT2D eigenvalue weighted by Crippen LogP contribution is -2.14. The quantitative estimate of drug-likeness (QED) is 0.748. The zero-order chi connectivity index (χ0) is 14.0. The molecule has 0 aliphatic rings. The second kappa shape index (κ2) is 6.31. The van der Waals surface area contributed by atoms with Crippen molar-refractivity contribution in [3.8, 4) is 0 Å². The largest absolute Gasteiger partial charge is 0.380 e. The van der Waals surface area contributed by atoms with Gasteiger partial charge in [-0.2, -0.15) is 0 Å². The van der Waals surface area contributed by atoms with E-state index < -0.39 is 0 Å². The van der Waals surface area contributed by atoms with Crippen LogP contribution in [0.5, 0.6) is 0 Å². The molecule has 0 bridgehead atoms. The Bertz CT molecular complexity index is 583. The van der Waals surface area contributed by atoms with Crippen LogP contribution in [-0.2, 0) is 10.6 Å². The van der Waals surface area contributed by atoms with Crippen LogP contribution in [-0.4, -0.2) is 22.8 Å². The Kier molecular flexibility index (Phi) is 4.96. The number of benzene rings is 1. The van der Waals surface area contributed by atoms with Gasteiger partial charge in [-0.05, 0) is 26.0 Å². The number of imidazole rings is 1. The highest BCUT2D eigenvalue weighted by Gasteiger charge is 2.16. The van der Waals surface area contributed by atoms with Crippen molar-refractivity contribution in [2.45, 2.75) is 25.8 Å². The van der Waals surface area contributed by atoms with Gasteiger partial charge in [-0.15, -0.1) is 11.6 Å². The fourth-order valence-electron chi connectivity index (χ4n) is 2.09. The molecule has 1 aromatic heterocycles. The Balaban J connectivity index is 2.53. The lowest BCUT2D eigenvalue weighted by Gasteiger charge is -2.16. The van der Waals surface area contributed by atoms with Gasteiger partial charge in [-0.25, -0.2) is 4.98 Å². The molecule has 0 N–H and O–H groups in total. The number of ether oxygens (including phenoxy) is 1. The predicted molar refractivity (Wildman–Crippen MR) is 80.5 cm³/mol. The minimum absolute atomic E-state index is 0.135. The molecule has 0 amide bonds. The fourth-order valence-corrected chi connectivity index (χ4v) is 2.59. The van der Waals surface area contributed by atoms with Crippen LogP contribution < -0.4 is 0 Å². The molecule has 3 nitrogen and oxygen atoms in total. The van der Waals surface area contributed by atoms with Crippen LogP contribution in [0.25, 0.3) is 11.0 Å². The molecule has 0 fully saturated rings. The van der Waals surface area contributed by atoms with Gasteiger partial charge < -0.3 is 9.30 Å². The van der Waals surface area contributed by atoms with Gasteiger partial charge in [0.15, 0.2) is 0 Å². The van der Waals surface area contributed by atoms with Crippen molar-refractivity contribution in [2.24, 2.45) is 0 Å². The molecule has 2 aromatic rings. The van der Waals surface area contributed by atoms with Crippen molar-refractivity contribution in [3.05, 3.63) is 28.0 Å². The first-order valence-corrected chi connectivity index (χ1v) is 7.37. The summed E-state index contributed by atoms with van der Waals surface area (Å²) in [5, 5.41) is 1.01. The van der Waals surface area contributed by atoms with Crippen LogP contribution in [0.4, 0.5) is 0 Å². The molecule has 0 saturated heterocycles. The topological polar surface area (TPSA) is 27.1 Å². The number of nitrogens with zero attached hydrogens (tertiary/aromatic N) is 2. The van der Waals surface area contributed by atoms with Gasteiger partial charge in [0.1, 0.15) is 5.82 Å². The number of rotatable bonds is 5. The molecule has 1 unspecified atom stereocenters. The minimum Gasteiger partial charge on any atom is -0.380 e. The van der Waals surface area contributed by atoms with E-state index in [2.05, 4.69) is 16.5 Å². The van der Waals surface area contributed by atoms with Crippen LogP contribution in [0.2, 0.25) is 10.0 Å². The third kappa shape index (κ3) is 3.00. The smallest absolute Gasteiger partial charge is 0.125 e. The third-order valence-corrected chi connectivity index (χ3v) is 3.89. The molecule has 1 aromatic carbocycles. The lowest BCUT2D eigenvalue weighted by atomic mass is 10.3. The normalized spacial score (nSPS) is 13.1. The zero-order valence-electron chi connectivity index (χ0n) is 10.8. The van der Waals surface area contributed by atoms with Gasteiger partial charge in [-0.1, -0.05) is 23.2 Å². The summed E-state index contributed by atoms with van der Waals surface area (Å²) in [6.07, 6.45) is 0. The van der Waals surface area contributed by atoms with Crippen LogP contribution in [0.15, 0.2) is 12.1 Å². The SMILES string of the molecule is CCOCC(C)n1c(CCl)nc2cc(Cl)c(Cl)cc21. The average Bonchev–Trinajstić information content (AvgIpc) is 2.74. The molecule has 1 heterocycles. The van der Waals surface area contributed by atoms with E-state index in [0.717, 1.165) is 16.9 Å². The van der Waals surface area contributed by atoms with Crippen molar-refractivity contribution in [1.82, 2.24) is 9.55 Å². The van der Waals surface area contributed by atoms with E-state index in [0.29, 0.717) is 29.1 Å². The first-order valence-electron chi connectivity index (χ1n) is 6.08. The molecular weight excluding hydrogens is 307 g/mol. The maximum atomic E-state index is 6.08. The highest BCUT2D eigenvalue weighted by molar-refractivity contribution is 6.42. The van der Waals surface area contributed by atoms with E-state index in [1.807, 2.05) is 13.0 Å². The van der Waals surface area contributed by atoms with Crippen molar-refractivity contribution >= 4 is 45.8 Å². The van der Waals surface area contributed by atoms with E-state index in [9.17, 15) is 0 Å². The number of halogens is 3. The number of fused-ring (bicyclic) bond motifs is 1. The Morgan fingerprint density at radius 1 is 1.32 bits per heavy atom. The zero-order valence-corrected chi connectivity index (χ0v) is 13.1. The maximum Gasteiger partial charge on any atom is 0.125 e. The Labute approximate surface area is 127 Å². The summed E-state index contributed by atoms with van der Waals surface area (Å²) in [6, 6.07) is 3.72. The number of hydrogen-bond donors (Lipinski definition) is 0. The molecule has 1 atom stereocenters. The van der Waals surface area contributed by atoms with Crippen molar-refractivity contribution < 1.29 is 4.74 Å². The van der Waals surface area contributed by atoms with Crippen LogP contribution in [0, 0.1) is 0 Å². The first kappa shape index (κ1) is 14.9. The molecule has 0 saturated carbocycles. The van der Waals surface area contributed by atoms with Gasteiger partial charge in [0.05, 0.1) is 39.6 Å². The minimum atomic E-state index is 0.135. The fraction of sp³-hybridized carbons (Fsp3) is 0.462. The van der Waals surface area contributed by atoms with E-state index in [1.165, 1.54) is 0 Å². The summed E-state index contributed by atoms with van der Waals surface area (Å²) in [6.45, 7) is 5.32. The standard InChI is InChI=1S/C13H15Cl3N2O/c1-3-19-7-8(2)18-12-5-10(16)9(15)4-11(12)17-13(18)6-14/h4-5,8H,3,6-7H2,1-2H3. The summed E-state index contributed by atoms with van der Waals surface area (Å²) in [4.78, 5) is 4.49. The molecule has 0 aliphatic heterocycles. The summed E-state index contributed by atoms with van der Waals surface area (Å²) in [5.41, 5.74) is 1.73. The number of aromatic nitrogens is 2. The molecule has 104 valence electrons. The van der Waals surface area contributed by atoms with Crippen LogP contribution >= 0.6 is 34.8 Å². The summed E-state index contributed by atoms with van der Waals surface area (Å²) >= 11 is 18.1. The van der Waals surface area contributed by atoms with Gasteiger partial charge in [0.2, 0.25) is 0 Å². The summed E-state index contributed by atoms with van der Waals surface area (Å²) < 4.78 is 7.53. The average molecular weight is 322 g/mol. The lowest BCUT2D eigenvalue weighted by molar-refractivity contribution is 0.119. The van der Waals surface area contributed by atoms with Gasteiger partial charge in [0, 0.05) is 6.61 Å². The Morgan fingerprint density at radius 3 is 2.63 bits per heavy atom. The molecule has 2 rings (SSSR count). The summed E-state index contributed by atoms with van der Waals surface area (Å²) in [5.74, 6) is 1.13. The van der Waals surface area contributed by atoms with E-state index in [4.69, 9.17) is 39.5 Å². The second-order valence-electron chi connectivity index (χ2n) is 4.30. The molecule has 0 aliphatic carbocycles. The van der Waals surface area contributed by atoms with Gasteiger partial charge >= 0.3 is 0 Å². The number of hydrogen-bond acceptors (Lipinski definition) is 2. The predicted octanol–water partition coefficient (Wildman–Crippen LogP) is 4.68. The molecule has 6 heteroatoms. The van der Waals surface area contributed by atoms with Crippen LogP contribution in [0.3, 0.4) is 0 Å². The highest BCUT2D eigenvalue weighted by Crippen LogP contribution is 2.30.